The Morgan fingerprint density at radius 3 is 0.731 bits per heavy atom. The van der Waals surface area contributed by atoms with Crippen LogP contribution >= 0.6 is 31.9 Å². The highest BCUT2D eigenvalue weighted by atomic mass is 79.9. The van der Waals surface area contributed by atoms with Gasteiger partial charge >= 0.3 is 0 Å². The maximum Gasteiger partial charge on any atom is 0.197 e. The van der Waals surface area contributed by atoms with E-state index in [-0.39, 0.29) is 0 Å². The molecule has 0 spiro atoms. The molecule has 78 heavy (non-hydrogen) atoms. The number of hydrogen-bond acceptors (Lipinski definition) is 0. The summed E-state index contributed by atoms with van der Waals surface area (Å²) in [6.07, 6.45) is 14.9. The Hall–Kier alpha value is -7.90. The fourth-order valence-corrected chi connectivity index (χ4v) is 8.21. The molecule has 0 saturated carbocycles. The van der Waals surface area contributed by atoms with Crippen LogP contribution in [0.3, 0.4) is 0 Å². The molecule has 0 amide bonds. The summed E-state index contributed by atoms with van der Waals surface area (Å²) in [5.74, 6) is 34.7. The molecule has 0 heterocycles. The molecule has 0 saturated heterocycles. The summed E-state index contributed by atoms with van der Waals surface area (Å²) < 4.78 is 115. The van der Waals surface area contributed by atoms with E-state index in [0.29, 0.717) is 22.3 Å². The number of rotatable bonds is 15. The molecule has 0 fully saturated rings. The first-order chi connectivity index (χ1) is 37.8. The van der Waals surface area contributed by atoms with Crippen LogP contribution in [0.25, 0.3) is 0 Å². The minimum atomic E-state index is -1.89. The monoisotopic (exact) mass is 1170 g/mol. The summed E-state index contributed by atoms with van der Waals surface area (Å²) in [7, 11) is 0. The molecule has 0 bridgehead atoms. The lowest BCUT2D eigenvalue weighted by molar-refractivity contribution is 0.430. The highest BCUT2D eigenvalue weighted by molar-refractivity contribution is 9.12. The Bertz CT molecular complexity index is 3490. The number of aryl methyl sites for hydroxylation is 3. The predicted molar refractivity (Wildman–Crippen MR) is 302 cm³/mol. The predicted octanol–water partition coefficient (Wildman–Crippen LogP) is 16.2. The third-order valence-electron chi connectivity index (χ3n) is 11.7. The van der Waals surface area contributed by atoms with E-state index < -0.39 is 68.8 Å². The van der Waals surface area contributed by atoms with Gasteiger partial charge in [0.2, 0.25) is 0 Å². The molecule has 5 aromatic rings. The molecule has 0 N–H and O–H groups in total. The van der Waals surface area contributed by atoms with Gasteiger partial charge in [-0.3, -0.25) is 0 Å². The van der Waals surface area contributed by atoms with Crippen molar-refractivity contribution in [2.24, 2.45) is 0 Å². The Balaban J connectivity index is 1.44. The highest BCUT2D eigenvalue weighted by Gasteiger charge is 2.25. The Kier molecular flexibility index (Phi) is 25.5. The molecule has 5 aromatic carbocycles. The molecule has 0 radical (unpaired) electrons. The lowest BCUT2D eigenvalue weighted by Crippen LogP contribution is -2.04. The van der Waals surface area contributed by atoms with Gasteiger partial charge in [-0.2, -0.15) is 0 Å². The van der Waals surface area contributed by atoms with Crippen LogP contribution in [0.1, 0.15) is 170 Å². The second-order valence-electron chi connectivity index (χ2n) is 17.6. The van der Waals surface area contributed by atoms with Gasteiger partial charge in [0, 0.05) is 65.2 Å². The Morgan fingerprint density at radius 1 is 0.269 bits per heavy atom. The molecule has 0 nitrogen and oxygen atoms in total. The lowest BCUT2D eigenvalue weighted by atomic mass is 10.0. The zero-order valence-corrected chi connectivity index (χ0v) is 46.3. The van der Waals surface area contributed by atoms with Crippen LogP contribution in [-0.2, 0) is 19.3 Å². The summed E-state index contributed by atoms with van der Waals surface area (Å²) >= 11 is 5.43. The van der Waals surface area contributed by atoms with Gasteiger partial charge in [-0.05, 0) is 191 Å². The van der Waals surface area contributed by atoms with Gasteiger partial charge in [0.1, 0.15) is 22.3 Å². The van der Waals surface area contributed by atoms with E-state index in [1.807, 2.05) is 54.3 Å². The topological polar surface area (TPSA) is 0 Å². The zero-order chi connectivity index (χ0) is 56.2. The van der Waals surface area contributed by atoms with Crippen LogP contribution < -0.4 is 0 Å². The van der Waals surface area contributed by atoms with Crippen molar-refractivity contribution in [1.82, 2.24) is 0 Å². The molecule has 0 aliphatic heterocycles. The van der Waals surface area contributed by atoms with E-state index >= 15 is 0 Å². The van der Waals surface area contributed by atoms with Crippen LogP contribution in [0, 0.1) is 163 Å². The summed E-state index contributed by atoms with van der Waals surface area (Å²) in [5, 5.41) is 0. The summed E-state index contributed by atoms with van der Waals surface area (Å²) in [6, 6.07) is 17.1. The van der Waals surface area contributed by atoms with Crippen LogP contribution in [0.15, 0.2) is 54.6 Å². The molecule has 0 aliphatic rings. The van der Waals surface area contributed by atoms with Crippen molar-refractivity contribution in [2.75, 3.05) is 0 Å². The first kappa shape index (κ1) is 61.0. The van der Waals surface area contributed by atoms with E-state index in [2.05, 4.69) is 157 Å². The number of benzene rings is 5. The molecule has 390 valence electrons. The highest BCUT2D eigenvalue weighted by Crippen LogP contribution is 2.25. The quantitative estimate of drug-likeness (QED) is 0.0322. The lowest BCUT2D eigenvalue weighted by Gasteiger charge is -2.04. The van der Waals surface area contributed by atoms with E-state index in [9.17, 15) is 35.1 Å². The van der Waals surface area contributed by atoms with Gasteiger partial charge < -0.3 is 0 Å². The van der Waals surface area contributed by atoms with Crippen molar-refractivity contribution in [3.8, 4) is 116 Å². The van der Waals surface area contributed by atoms with Crippen LogP contribution in [-0.4, -0.2) is 0 Å². The van der Waals surface area contributed by atoms with Crippen LogP contribution in [0.2, 0.25) is 0 Å². The van der Waals surface area contributed by atoms with Crippen molar-refractivity contribution in [1.29, 1.82) is 0 Å². The van der Waals surface area contributed by atoms with Gasteiger partial charge in [0.25, 0.3) is 0 Å². The first-order valence-electron chi connectivity index (χ1n) is 25.3. The van der Waals surface area contributed by atoms with Crippen molar-refractivity contribution in [2.45, 2.75) is 117 Å². The van der Waals surface area contributed by atoms with Gasteiger partial charge in [0.15, 0.2) is 46.5 Å². The van der Waals surface area contributed by atoms with Gasteiger partial charge in [-0.1, -0.05) is 114 Å². The van der Waals surface area contributed by atoms with Crippen LogP contribution in [0.4, 0.5) is 35.1 Å². The Labute approximate surface area is 471 Å². The van der Waals surface area contributed by atoms with E-state index in [0.717, 1.165) is 124 Å². The molecular weight excluding hydrogens is 1130 g/mol. The van der Waals surface area contributed by atoms with Crippen molar-refractivity contribution in [3.63, 3.8) is 0 Å². The SMILES string of the molecule is CCCCCCc1cc(C#CC#Cc2cc(C#CC#Cc3c(F)c(F)c(F)c(C#CBr)c3F)cc(CCCCCC)c2)cc(C#CC#Cc2cc(C#CC#Cc3c(F)c(F)c(F)c(C#CBr)c3F)cc(CCCCCC)c2)c1. The zero-order valence-electron chi connectivity index (χ0n) is 43.1. The number of hydrogen-bond donors (Lipinski definition) is 0. The smallest absolute Gasteiger partial charge is 0.197 e. The minimum absolute atomic E-state index is 0.538. The van der Waals surface area contributed by atoms with E-state index in [1.54, 1.807) is 12.1 Å². The molecule has 0 aliphatic carbocycles. The Morgan fingerprint density at radius 2 is 0.500 bits per heavy atom. The third-order valence-corrected chi connectivity index (χ3v) is 12.1. The van der Waals surface area contributed by atoms with E-state index in [1.165, 1.54) is 0 Å². The first-order valence-corrected chi connectivity index (χ1v) is 26.9. The molecule has 0 atom stereocenters. The molecular formula is C68H48Br2F8. The molecule has 0 aromatic heterocycles. The van der Waals surface area contributed by atoms with Crippen LogP contribution in [0.5, 0.6) is 0 Å². The standard InChI is InChI=1S/C68H48Br2F8/c1-4-7-10-13-24-48-39-51(27-16-18-29-53-41-49(25-14-11-8-5-2)43-55(46-53)31-20-22-33-57-61(71)59(35-37-69)65(75)67(77)63(57)73)45-52(40-48)28-17-19-30-54-42-50(26-15-12-9-6-3)44-56(47-54)32-21-23-34-58-62(72)60(36-38-70)66(76)68(78)64(58)74/h39-47H,4-15,24-26H2,1-3H3. The summed E-state index contributed by atoms with van der Waals surface area (Å²) in [4.78, 5) is 4.19. The van der Waals surface area contributed by atoms with Gasteiger partial charge in [0.05, 0.1) is 0 Å². The van der Waals surface area contributed by atoms with Gasteiger partial charge in [-0.25, -0.2) is 35.1 Å². The maximum atomic E-state index is 14.9. The normalized spacial score (nSPS) is 9.60. The minimum Gasteiger partial charge on any atom is -0.204 e. The second-order valence-corrected chi connectivity index (χ2v) is 18.4. The largest absolute Gasteiger partial charge is 0.204 e. The van der Waals surface area contributed by atoms with Crippen molar-refractivity contribution in [3.05, 3.63) is 173 Å². The average molecular weight is 1180 g/mol. The van der Waals surface area contributed by atoms with Gasteiger partial charge in [-0.15, -0.1) is 0 Å². The average Bonchev–Trinajstić information content (AvgIpc) is 3.46. The fourth-order valence-electron chi connectivity index (χ4n) is 7.82. The molecule has 5 rings (SSSR count). The summed E-state index contributed by atoms with van der Waals surface area (Å²) in [5.41, 5.74) is 2.92. The second kappa shape index (κ2) is 32.6. The maximum absolute atomic E-state index is 14.9. The van der Waals surface area contributed by atoms with E-state index in [4.69, 9.17) is 0 Å². The van der Waals surface area contributed by atoms with Crippen molar-refractivity contribution < 1.29 is 35.1 Å². The number of halogens is 10. The summed E-state index contributed by atoms with van der Waals surface area (Å²) in [6.45, 7) is 6.42. The molecule has 0 unspecified atom stereocenters. The van der Waals surface area contributed by atoms with Crippen molar-refractivity contribution >= 4 is 31.9 Å². The third kappa shape index (κ3) is 18.7. The molecule has 10 heteroatoms. The number of unbranched alkanes of at least 4 members (excludes halogenated alkanes) is 9. The fraction of sp³-hybridized carbons (Fsp3) is 0.265.